The summed E-state index contributed by atoms with van der Waals surface area (Å²) in [7, 11) is -3.69. The van der Waals surface area contributed by atoms with Gasteiger partial charge in [0.1, 0.15) is 10.8 Å². The van der Waals surface area contributed by atoms with Crippen molar-refractivity contribution in [2.75, 3.05) is 0 Å². The molecule has 2 aromatic heterocycles. The molecule has 0 atom stereocenters. The van der Waals surface area contributed by atoms with Gasteiger partial charge in [0.15, 0.2) is 0 Å². The Morgan fingerprint density at radius 1 is 1.50 bits per heavy atom. The normalized spacial score (nSPS) is 11.6. The summed E-state index contributed by atoms with van der Waals surface area (Å²) >= 11 is 1.24. The number of carboxylic acid groups (broad SMARTS) is 1. The number of aryl methyl sites for hydroxylation is 1. The Bertz CT molecular complexity index is 683. The lowest BCUT2D eigenvalue weighted by atomic mass is 10.5. The van der Waals surface area contributed by atoms with Gasteiger partial charge in [-0.05, 0) is 19.1 Å². The molecule has 0 spiro atoms. The van der Waals surface area contributed by atoms with Crippen LogP contribution in [-0.4, -0.2) is 24.5 Å². The largest absolute Gasteiger partial charge is 0.475 e. The smallest absolute Gasteiger partial charge is 0.371 e. The van der Waals surface area contributed by atoms with Crippen LogP contribution in [0.5, 0.6) is 0 Å². The zero-order valence-electron chi connectivity index (χ0n) is 9.28. The van der Waals surface area contributed by atoms with E-state index < -0.39 is 21.6 Å². The fourth-order valence-corrected chi connectivity index (χ4v) is 3.62. The van der Waals surface area contributed by atoms with E-state index in [9.17, 15) is 13.2 Å². The Morgan fingerprint density at radius 2 is 2.22 bits per heavy atom. The van der Waals surface area contributed by atoms with Gasteiger partial charge in [-0.15, -0.1) is 11.3 Å². The minimum absolute atomic E-state index is 0.294. The fourth-order valence-electron chi connectivity index (χ4n) is 1.30. The summed E-state index contributed by atoms with van der Waals surface area (Å²) in [6, 6.07) is 2.25. The van der Waals surface area contributed by atoms with Crippen LogP contribution in [0.1, 0.15) is 21.3 Å². The van der Waals surface area contributed by atoms with Gasteiger partial charge in [0.25, 0.3) is 0 Å². The van der Waals surface area contributed by atoms with Crippen LogP contribution in [0, 0.1) is 6.92 Å². The van der Waals surface area contributed by atoms with Crippen molar-refractivity contribution in [3.63, 3.8) is 0 Å². The van der Waals surface area contributed by atoms with E-state index >= 15 is 0 Å². The summed E-state index contributed by atoms with van der Waals surface area (Å²) < 4.78 is 28.6. The Morgan fingerprint density at radius 3 is 2.72 bits per heavy atom. The maximum Gasteiger partial charge on any atom is 0.371 e. The summed E-state index contributed by atoms with van der Waals surface area (Å²) in [5.74, 6) is -2.00. The highest BCUT2D eigenvalue weighted by Gasteiger charge is 2.22. The molecule has 96 valence electrons. The van der Waals surface area contributed by atoms with Crippen LogP contribution in [0.2, 0.25) is 0 Å². The van der Waals surface area contributed by atoms with Crippen molar-refractivity contribution in [3.8, 4) is 0 Å². The molecule has 8 heteroatoms. The van der Waals surface area contributed by atoms with Gasteiger partial charge < -0.3 is 9.52 Å². The van der Waals surface area contributed by atoms with Crippen molar-refractivity contribution >= 4 is 27.1 Å². The van der Waals surface area contributed by atoms with E-state index in [1.807, 2.05) is 0 Å². The molecule has 18 heavy (non-hydrogen) atoms. The first-order valence-electron chi connectivity index (χ1n) is 4.85. The van der Waals surface area contributed by atoms with Crippen molar-refractivity contribution in [1.82, 2.24) is 4.98 Å². The van der Waals surface area contributed by atoms with Crippen LogP contribution in [-0.2, 0) is 15.6 Å². The predicted octanol–water partition coefficient (Wildman–Crippen LogP) is 1.72. The van der Waals surface area contributed by atoms with Gasteiger partial charge in [0.2, 0.25) is 20.7 Å². The minimum Gasteiger partial charge on any atom is -0.475 e. The van der Waals surface area contributed by atoms with Crippen LogP contribution >= 0.6 is 11.3 Å². The molecule has 0 saturated carbocycles. The van der Waals surface area contributed by atoms with Gasteiger partial charge in [-0.3, -0.25) is 0 Å². The number of carboxylic acids is 1. The van der Waals surface area contributed by atoms with Gasteiger partial charge in [0, 0.05) is 11.1 Å². The monoisotopic (exact) mass is 287 g/mol. The van der Waals surface area contributed by atoms with Crippen molar-refractivity contribution < 1.29 is 22.7 Å². The highest BCUT2D eigenvalue weighted by Crippen LogP contribution is 2.21. The van der Waals surface area contributed by atoms with Crippen LogP contribution in [0.25, 0.3) is 0 Å². The summed E-state index contributed by atoms with van der Waals surface area (Å²) in [4.78, 5) is 14.6. The average Bonchev–Trinajstić information content (AvgIpc) is 2.86. The molecule has 0 saturated heterocycles. The van der Waals surface area contributed by atoms with Crippen LogP contribution in [0.3, 0.4) is 0 Å². The van der Waals surface area contributed by atoms with Gasteiger partial charge in [-0.2, -0.15) is 0 Å². The zero-order chi connectivity index (χ0) is 13.3. The Balaban J connectivity index is 2.27. The number of hydrogen-bond acceptors (Lipinski definition) is 6. The lowest BCUT2D eigenvalue weighted by Gasteiger charge is -1.97. The highest BCUT2D eigenvalue weighted by atomic mass is 32.2. The summed E-state index contributed by atoms with van der Waals surface area (Å²) in [6.07, 6.45) is 0. The Hall–Kier alpha value is -1.67. The molecule has 2 heterocycles. The lowest BCUT2D eigenvalue weighted by molar-refractivity contribution is 0.0656. The highest BCUT2D eigenvalue weighted by molar-refractivity contribution is 7.90. The number of aromatic nitrogens is 1. The molecule has 0 aliphatic heterocycles. The fraction of sp³-hybridized carbons (Fsp3) is 0.200. The van der Waals surface area contributed by atoms with Gasteiger partial charge in [-0.1, -0.05) is 0 Å². The standard InChI is InChI=1S/C10H9NO5S2/c1-6-4-17-8(11-6)5-18(14,15)9-3-2-7(16-9)10(12)13/h2-4H,5H2,1H3,(H,12,13). The summed E-state index contributed by atoms with van der Waals surface area (Å²) in [5.41, 5.74) is 0.746. The van der Waals surface area contributed by atoms with Crippen molar-refractivity contribution in [2.24, 2.45) is 0 Å². The molecule has 0 amide bonds. The van der Waals surface area contributed by atoms with Crippen molar-refractivity contribution in [1.29, 1.82) is 0 Å². The van der Waals surface area contributed by atoms with Gasteiger partial charge >= 0.3 is 5.97 Å². The number of sulfone groups is 1. The second-order valence-electron chi connectivity index (χ2n) is 3.57. The maximum absolute atomic E-state index is 11.9. The van der Waals surface area contributed by atoms with Crippen molar-refractivity contribution in [2.45, 2.75) is 17.8 Å². The molecule has 0 unspecified atom stereocenters. The van der Waals surface area contributed by atoms with E-state index in [-0.39, 0.29) is 10.8 Å². The molecule has 2 rings (SSSR count). The molecule has 6 nitrogen and oxygen atoms in total. The topological polar surface area (TPSA) is 97.5 Å². The van der Waals surface area contributed by atoms with E-state index in [2.05, 4.69) is 4.98 Å². The molecule has 0 bridgehead atoms. The van der Waals surface area contributed by atoms with Gasteiger partial charge in [-0.25, -0.2) is 18.2 Å². The average molecular weight is 287 g/mol. The quantitative estimate of drug-likeness (QED) is 0.919. The zero-order valence-corrected chi connectivity index (χ0v) is 10.9. The number of furan rings is 1. The first-order chi connectivity index (χ1) is 8.38. The van der Waals surface area contributed by atoms with E-state index in [0.717, 1.165) is 17.8 Å². The molecule has 0 aliphatic carbocycles. The van der Waals surface area contributed by atoms with Crippen LogP contribution < -0.4 is 0 Å². The minimum atomic E-state index is -3.69. The molecular weight excluding hydrogens is 278 g/mol. The SMILES string of the molecule is Cc1csc(CS(=O)(=O)c2ccc(C(=O)O)o2)n1. The third-order valence-corrected chi connectivity index (χ3v) is 4.71. The van der Waals surface area contributed by atoms with Crippen LogP contribution in [0.15, 0.2) is 27.0 Å². The van der Waals surface area contributed by atoms with E-state index in [4.69, 9.17) is 9.52 Å². The van der Waals surface area contributed by atoms with E-state index in [1.165, 1.54) is 11.3 Å². The number of carbonyl (C=O) groups is 1. The van der Waals surface area contributed by atoms with Crippen molar-refractivity contribution in [3.05, 3.63) is 34.0 Å². The molecule has 0 fully saturated rings. The van der Waals surface area contributed by atoms with E-state index in [0.29, 0.717) is 5.01 Å². The third-order valence-electron chi connectivity index (χ3n) is 2.08. The second kappa shape index (κ2) is 4.54. The Labute approximate surface area is 107 Å². The number of aromatic carboxylic acids is 1. The maximum atomic E-state index is 11.9. The molecule has 0 aromatic carbocycles. The number of nitrogens with zero attached hydrogens (tertiary/aromatic N) is 1. The molecule has 0 aliphatic rings. The predicted molar refractivity (Wildman–Crippen MR) is 63.4 cm³/mol. The summed E-state index contributed by atoms with van der Waals surface area (Å²) in [5, 5.41) is 10.5. The lowest BCUT2D eigenvalue weighted by Crippen LogP contribution is -2.03. The van der Waals surface area contributed by atoms with E-state index in [1.54, 1.807) is 12.3 Å². The number of rotatable bonds is 4. The molecule has 0 radical (unpaired) electrons. The van der Waals surface area contributed by atoms with Gasteiger partial charge in [0.05, 0.1) is 0 Å². The molecular formula is C10H9NO5S2. The second-order valence-corrected chi connectivity index (χ2v) is 6.43. The van der Waals surface area contributed by atoms with Crippen LogP contribution in [0.4, 0.5) is 0 Å². The third kappa shape index (κ3) is 2.59. The molecule has 1 N–H and O–H groups in total. The summed E-state index contributed by atoms with van der Waals surface area (Å²) in [6.45, 7) is 1.77. The first kappa shape index (κ1) is 12.8. The Kier molecular flexibility index (Phi) is 3.22. The number of thiazole rings is 1. The number of hydrogen-bond donors (Lipinski definition) is 1. The first-order valence-corrected chi connectivity index (χ1v) is 7.38. The molecule has 2 aromatic rings.